The van der Waals surface area contributed by atoms with Crippen molar-refractivity contribution in [3.8, 4) is 11.5 Å². The van der Waals surface area contributed by atoms with E-state index >= 15 is 0 Å². The molecule has 2 N–H and O–H groups in total. The number of nitro groups is 1. The van der Waals surface area contributed by atoms with Crippen LogP contribution in [0.25, 0.3) is 0 Å². The smallest absolute Gasteiger partial charge is 0.311 e. The average Bonchev–Trinajstić information content (AvgIpc) is 2.52. The molecule has 0 bridgehead atoms. The molecule has 120 valence electrons. The maximum atomic E-state index is 12.1. The predicted molar refractivity (Wildman–Crippen MR) is 78.9 cm³/mol. The number of carbonyl (C=O) groups is 1. The number of hydrogen-bond acceptors (Lipinski definition) is 6. The number of methoxy groups -OCH3 is 1. The fourth-order valence-corrected chi connectivity index (χ4v) is 2.37. The predicted octanol–water partition coefficient (Wildman–Crippen LogP) is 0.932. The molecule has 8 heteroatoms. The number of nitrogens with two attached hydrogens (primary N) is 1. The average molecular weight is 309 g/mol. The second-order valence-corrected chi connectivity index (χ2v) is 5.12. The van der Waals surface area contributed by atoms with E-state index < -0.39 is 4.92 Å². The van der Waals surface area contributed by atoms with Crippen molar-refractivity contribution in [2.75, 3.05) is 26.8 Å². The zero-order chi connectivity index (χ0) is 16.1. The van der Waals surface area contributed by atoms with Crippen molar-refractivity contribution in [3.05, 3.63) is 28.3 Å². The van der Waals surface area contributed by atoms with Gasteiger partial charge in [-0.25, -0.2) is 0 Å². The van der Waals surface area contributed by atoms with Crippen molar-refractivity contribution in [2.24, 2.45) is 5.73 Å². The van der Waals surface area contributed by atoms with Crippen LogP contribution in [0.2, 0.25) is 0 Å². The number of benzene rings is 1. The maximum absolute atomic E-state index is 12.1. The van der Waals surface area contributed by atoms with Gasteiger partial charge in [0, 0.05) is 31.3 Å². The summed E-state index contributed by atoms with van der Waals surface area (Å²) in [7, 11) is 1.34. The summed E-state index contributed by atoms with van der Waals surface area (Å²) < 4.78 is 10.3. The highest BCUT2D eigenvalue weighted by Gasteiger charge is 2.22. The van der Waals surface area contributed by atoms with Gasteiger partial charge in [-0.1, -0.05) is 0 Å². The lowest BCUT2D eigenvalue weighted by atomic mass is 10.1. The van der Waals surface area contributed by atoms with Crippen molar-refractivity contribution in [1.29, 1.82) is 0 Å². The van der Waals surface area contributed by atoms with Crippen LogP contribution < -0.4 is 15.2 Å². The standard InChI is InChI=1S/C14H19N3O5/c1-21-13-7-11(4-5-12(13)17(19)20)22-9-14(18)16-6-2-3-10(15)8-16/h4-5,7,10H,2-3,6,8-9,15H2,1H3. The van der Waals surface area contributed by atoms with Crippen LogP contribution in [0.1, 0.15) is 12.8 Å². The minimum absolute atomic E-state index is 0.0113. The van der Waals surface area contributed by atoms with Crippen molar-refractivity contribution in [2.45, 2.75) is 18.9 Å². The first-order chi connectivity index (χ1) is 10.5. The molecule has 0 aromatic heterocycles. The highest BCUT2D eigenvalue weighted by atomic mass is 16.6. The number of carbonyl (C=O) groups excluding carboxylic acids is 1. The zero-order valence-electron chi connectivity index (χ0n) is 12.4. The summed E-state index contributed by atoms with van der Waals surface area (Å²) in [5.74, 6) is 0.291. The highest BCUT2D eigenvalue weighted by Crippen LogP contribution is 2.30. The monoisotopic (exact) mass is 309 g/mol. The molecule has 1 heterocycles. The molecular weight excluding hydrogens is 290 g/mol. The molecule has 1 aliphatic rings. The van der Waals surface area contributed by atoms with Crippen LogP contribution in [0.15, 0.2) is 18.2 Å². The van der Waals surface area contributed by atoms with Crippen molar-refractivity contribution in [3.63, 3.8) is 0 Å². The molecule has 2 rings (SSSR count). The van der Waals surface area contributed by atoms with E-state index in [1.807, 2.05) is 0 Å². The number of likely N-dealkylation sites (tertiary alicyclic amines) is 1. The summed E-state index contributed by atoms with van der Waals surface area (Å²) in [4.78, 5) is 24.0. The number of amides is 1. The van der Waals surface area contributed by atoms with Gasteiger partial charge in [-0.15, -0.1) is 0 Å². The molecule has 1 atom stereocenters. The SMILES string of the molecule is COc1cc(OCC(=O)N2CCCC(N)C2)ccc1[N+](=O)[O-]. The number of ether oxygens (including phenoxy) is 2. The minimum atomic E-state index is -0.539. The molecule has 0 spiro atoms. The number of rotatable bonds is 5. The van der Waals surface area contributed by atoms with E-state index in [9.17, 15) is 14.9 Å². The lowest BCUT2D eigenvalue weighted by Gasteiger charge is -2.30. The zero-order valence-corrected chi connectivity index (χ0v) is 12.4. The number of nitrogens with zero attached hydrogens (tertiary/aromatic N) is 2. The molecule has 1 aromatic rings. The molecule has 0 aliphatic carbocycles. The molecule has 1 aromatic carbocycles. The largest absolute Gasteiger partial charge is 0.490 e. The highest BCUT2D eigenvalue weighted by molar-refractivity contribution is 5.78. The molecule has 1 fully saturated rings. The van der Waals surface area contributed by atoms with E-state index in [0.29, 0.717) is 18.8 Å². The van der Waals surface area contributed by atoms with Crippen LogP contribution in [0, 0.1) is 10.1 Å². The molecule has 1 aliphatic heterocycles. The second kappa shape index (κ2) is 7.08. The fraction of sp³-hybridized carbons (Fsp3) is 0.500. The van der Waals surface area contributed by atoms with Crippen molar-refractivity contribution in [1.82, 2.24) is 4.90 Å². The first-order valence-corrected chi connectivity index (χ1v) is 7.00. The second-order valence-electron chi connectivity index (χ2n) is 5.12. The summed E-state index contributed by atoms with van der Waals surface area (Å²) in [6.07, 6.45) is 1.81. The van der Waals surface area contributed by atoms with Crippen LogP contribution in [0.5, 0.6) is 11.5 Å². The van der Waals surface area contributed by atoms with Crippen LogP contribution in [0.3, 0.4) is 0 Å². The first kappa shape index (κ1) is 16.0. The molecule has 1 unspecified atom stereocenters. The molecule has 0 saturated carbocycles. The van der Waals surface area contributed by atoms with Gasteiger partial charge in [0.15, 0.2) is 6.61 Å². The number of piperidine rings is 1. The van der Waals surface area contributed by atoms with Gasteiger partial charge in [-0.3, -0.25) is 14.9 Å². The number of hydrogen-bond donors (Lipinski definition) is 1. The van der Waals surface area contributed by atoms with Crippen molar-refractivity contribution >= 4 is 11.6 Å². The van der Waals surface area contributed by atoms with E-state index in [-0.39, 0.29) is 30.0 Å². The maximum Gasteiger partial charge on any atom is 0.311 e. The summed E-state index contributed by atoms with van der Waals surface area (Å²) in [6.45, 7) is 1.08. The van der Waals surface area contributed by atoms with E-state index in [1.165, 1.54) is 25.3 Å². The Hall–Kier alpha value is -2.35. The van der Waals surface area contributed by atoms with E-state index in [0.717, 1.165) is 12.8 Å². The molecular formula is C14H19N3O5. The van der Waals surface area contributed by atoms with Gasteiger partial charge in [0.1, 0.15) is 5.75 Å². The molecule has 1 saturated heterocycles. The van der Waals surface area contributed by atoms with Crippen molar-refractivity contribution < 1.29 is 19.2 Å². The Balaban J connectivity index is 1.96. The lowest BCUT2D eigenvalue weighted by Crippen LogP contribution is -2.47. The Bertz CT molecular complexity index is 563. The normalized spacial score (nSPS) is 17.9. The molecule has 22 heavy (non-hydrogen) atoms. The Morgan fingerprint density at radius 2 is 2.32 bits per heavy atom. The summed E-state index contributed by atoms with van der Waals surface area (Å²) in [5.41, 5.74) is 5.69. The summed E-state index contributed by atoms with van der Waals surface area (Å²) in [5, 5.41) is 10.8. The topological polar surface area (TPSA) is 108 Å². The van der Waals surface area contributed by atoms with Crippen LogP contribution >= 0.6 is 0 Å². The Morgan fingerprint density at radius 1 is 1.55 bits per heavy atom. The Kier molecular flexibility index (Phi) is 5.16. The minimum Gasteiger partial charge on any atom is -0.490 e. The molecule has 0 radical (unpaired) electrons. The van der Waals surface area contributed by atoms with Gasteiger partial charge in [0.25, 0.3) is 5.91 Å². The quantitative estimate of drug-likeness (QED) is 0.640. The molecule has 1 amide bonds. The number of nitro benzene ring substituents is 1. The van der Waals surface area contributed by atoms with E-state index in [1.54, 1.807) is 4.90 Å². The van der Waals surface area contributed by atoms with E-state index in [4.69, 9.17) is 15.2 Å². The summed E-state index contributed by atoms with van der Waals surface area (Å²) >= 11 is 0. The third-order valence-electron chi connectivity index (χ3n) is 3.52. The van der Waals surface area contributed by atoms with Crippen LogP contribution in [0.4, 0.5) is 5.69 Å². The third-order valence-corrected chi connectivity index (χ3v) is 3.52. The van der Waals surface area contributed by atoms with Gasteiger partial charge < -0.3 is 20.1 Å². The Morgan fingerprint density at radius 3 is 2.95 bits per heavy atom. The molecule has 8 nitrogen and oxygen atoms in total. The van der Waals surface area contributed by atoms with Gasteiger partial charge in [0.05, 0.1) is 12.0 Å². The lowest BCUT2D eigenvalue weighted by molar-refractivity contribution is -0.385. The van der Waals surface area contributed by atoms with Gasteiger partial charge in [-0.05, 0) is 18.9 Å². The first-order valence-electron chi connectivity index (χ1n) is 7.00. The third kappa shape index (κ3) is 3.85. The van der Waals surface area contributed by atoms with Gasteiger partial charge in [0.2, 0.25) is 5.75 Å². The van der Waals surface area contributed by atoms with Crippen LogP contribution in [-0.4, -0.2) is 48.6 Å². The van der Waals surface area contributed by atoms with Gasteiger partial charge in [-0.2, -0.15) is 0 Å². The van der Waals surface area contributed by atoms with E-state index in [2.05, 4.69) is 0 Å². The van der Waals surface area contributed by atoms with Gasteiger partial charge >= 0.3 is 5.69 Å². The Labute approximate surface area is 127 Å². The fourth-order valence-electron chi connectivity index (χ4n) is 2.37. The summed E-state index contributed by atoms with van der Waals surface area (Å²) in [6, 6.07) is 4.13. The van der Waals surface area contributed by atoms with Crippen LogP contribution in [-0.2, 0) is 4.79 Å².